The van der Waals surface area contributed by atoms with Crippen molar-refractivity contribution in [2.24, 2.45) is 0 Å². The van der Waals surface area contributed by atoms with Crippen molar-refractivity contribution >= 4 is 11.6 Å². The summed E-state index contributed by atoms with van der Waals surface area (Å²) in [5.41, 5.74) is 1.21. The van der Waals surface area contributed by atoms with Crippen molar-refractivity contribution in [3.05, 3.63) is 65.2 Å². The highest BCUT2D eigenvalue weighted by molar-refractivity contribution is 6.30. The molecule has 0 heterocycles. The van der Waals surface area contributed by atoms with Gasteiger partial charge in [-0.2, -0.15) is 0 Å². The fourth-order valence-corrected chi connectivity index (χ4v) is 2.00. The second-order valence-corrected chi connectivity index (χ2v) is 4.76. The Morgan fingerprint density at radius 3 is 2.63 bits per heavy atom. The number of hydrogen-bond donors (Lipinski definition) is 1. The van der Waals surface area contributed by atoms with Crippen LogP contribution < -0.4 is 10.1 Å². The van der Waals surface area contributed by atoms with E-state index in [1.807, 2.05) is 48.5 Å². The highest BCUT2D eigenvalue weighted by Crippen LogP contribution is 2.10. The Morgan fingerprint density at radius 2 is 1.84 bits per heavy atom. The molecule has 0 bridgehead atoms. The van der Waals surface area contributed by atoms with Crippen molar-refractivity contribution in [2.75, 3.05) is 13.2 Å². The van der Waals surface area contributed by atoms with E-state index in [1.165, 1.54) is 5.56 Å². The molecule has 0 spiro atoms. The zero-order valence-electron chi connectivity index (χ0n) is 10.8. The summed E-state index contributed by atoms with van der Waals surface area (Å²) in [7, 11) is 0. The summed E-state index contributed by atoms with van der Waals surface area (Å²) in [5.74, 6) is 0.928. The predicted molar refractivity (Wildman–Crippen MR) is 79.7 cm³/mol. The minimum absolute atomic E-state index is 0.729. The first-order chi connectivity index (χ1) is 9.34. The summed E-state index contributed by atoms with van der Waals surface area (Å²) < 4.78 is 5.62. The summed E-state index contributed by atoms with van der Waals surface area (Å²) in [4.78, 5) is 0. The Morgan fingerprint density at radius 1 is 1.00 bits per heavy atom. The molecule has 3 heteroatoms. The number of para-hydroxylation sites is 1. The molecule has 0 fully saturated rings. The number of ether oxygens (including phenoxy) is 1. The van der Waals surface area contributed by atoms with Crippen LogP contribution in [0.5, 0.6) is 5.75 Å². The van der Waals surface area contributed by atoms with Crippen molar-refractivity contribution < 1.29 is 4.74 Å². The van der Waals surface area contributed by atoms with Gasteiger partial charge in [-0.05, 0) is 42.8 Å². The number of rotatable bonds is 7. The minimum Gasteiger partial charge on any atom is -0.494 e. The van der Waals surface area contributed by atoms with Gasteiger partial charge in [-0.1, -0.05) is 41.9 Å². The fraction of sp³-hybridized carbons (Fsp3) is 0.250. The lowest BCUT2D eigenvalue weighted by Gasteiger charge is -2.07. The van der Waals surface area contributed by atoms with Crippen LogP contribution in [0.25, 0.3) is 0 Å². The van der Waals surface area contributed by atoms with Crippen LogP contribution in [0.4, 0.5) is 0 Å². The maximum absolute atomic E-state index is 5.93. The third-order valence-corrected chi connectivity index (χ3v) is 2.96. The summed E-state index contributed by atoms with van der Waals surface area (Å²) in [5, 5.41) is 4.16. The SMILES string of the molecule is Clc1cccc(CNCCCOc2ccccc2)c1. The van der Waals surface area contributed by atoms with Crippen LogP contribution in [-0.2, 0) is 6.54 Å². The van der Waals surface area contributed by atoms with Gasteiger partial charge in [-0.3, -0.25) is 0 Å². The number of nitrogens with one attached hydrogen (secondary N) is 1. The standard InChI is InChI=1S/C16H18ClNO/c17-15-7-4-6-14(12-15)13-18-10-5-11-19-16-8-2-1-3-9-16/h1-4,6-9,12,18H,5,10-11,13H2. The molecule has 0 aliphatic heterocycles. The van der Waals surface area contributed by atoms with Crippen LogP contribution in [0.2, 0.25) is 5.02 Å². The van der Waals surface area contributed by atoms with Crippen LogP contribution in [0.15, 0.2) is 54.6 Å². The Balaban J connectivity index is 1.58. The summed E-state index contributed by atoms with van der Waals surface area (Å²) in [6.07, 6.45) is 0.982. The lowest BCUT2D eigenvalue weighted by Crippen LogP contribution is -2.16. The molecule has 0 aliphatic rings. The van der Waals surface area contributed by atoms with Gasteiger partial charge in [0.25, 0.3) is 0 Å². The molecular formula is C16H18ClNO. The lowest BCUT2D eigenvalue weighted by molar-refractivity contribution is 0.308. The Bertz CT molecular complexity index is 487. The summed E-state index contributed by atoms with van der Waals surface area (Å²) in [6, 6.07) is 17.8. The number of halogens is 1. The van der Waals surface area contributed by atoms with Crippen LogP contribution in [0.1, 0.15) is 12.0 Å². The molecule has 0 saturated carbocycles. The van der Waals surface area contributed by atoms with Crippen molar-refractivity contribution in [3.63, 3.8) is 0 Å². The smallest absolute Gasteiger partial charge is 0.119 e. The highest BCUT2D eigenvalue weighted by Gasteiger charge is 1.95. The van der Waals surface area contributed by atoms with E-state index in [1.54, 1.807) is 0 Å². The molecule has 2 nitrogen and oxygen atoms in total. The normalized spacial score (nSPS) is 10.4. The minimum atomic E-state index is 0.729. The van der Waals surface area contributed by atoms with Crippen molar-refractivity contribution in [1.82, 2.24) is 5.32 Å². The quantitative estimate of drug-likeness (QED) is 0.774. The summed E-state index contributed by atoms with van der Waals surface area (Å²) in [6.45, 7) is 2.50. The second-order valence-electron chi connectivity index (χ2n) is 4.32. The molecule has 0 saturated heterocycles. The molecule has 2 aromatic carbocycles. The summed E-state index contributed by atoms with van der Waals surface area (Å²) >= 11 is 5.93. The molecular weight excluding hydrogens is 258 g/mol. The van der Waals surface area contributed by atoms with E-state index in [9.17, 15) is 0 Å². The molecule has 100 valence electrons. The van der Waals surface area contributed by atoms with Gasteiger partial charge in [0.2, 0.25) is 0 Å². The van der Waals surface area contributed by atoms with Gasteiger partial charge in [0.15, 0.2) is 0 Å². The van der Waals surface area contributed by atoms with Gasteiger partial charge in [0.1, 0.15) is 5.75 Å². The molecule has 0 aromatic heterocycles. The highest BCUT2D eigenvalue weighted by atomic mass is 35.5. The topological polar surface area (TPSA) is 21.3 Å². The van der Waals surface area contributed by atoms with Gasteiger partial charge < -0.3 is 10.1 Å². The van der Waals surface area contributed by atoms with E-state index in [4.69, 9.17) is 16.3 Å². The van der Waals surface area contributed by atoms with E-state index in [2.05, 4.69) is 11.4 Å². The average molecular weight is 276 g/mol. The Labute approximate surface area is 119 Å². The molecule has 0 radical (unpaired) electrons. The van der Waals surface area contributed by atoms with E-state index >= 15 is 0 Å². The molecule has 2 aromatic rings. The van der Waals surface area contributed by atoms with Gasteiger partial charge in [-0.15, -0.1) is 0 Å². The molecule has 0 amide bonds. The second kappa shape index (κ2) is 7.82. The van der Waals surface area contributed by atoms with Gasteiger partial charge in [0, 0.05) is 11.6 Å². The van der Waals surface area contributed by atoms with Crippen LogP contribution in [-0.4, -0.2) is 13.2 Å². The molecule has 2 rings (SSSR count). The molecule has 19 heavy (non-hydrogen) atoms. The molecule has 0 aliphatic carbocycles. The van der Waals surface area contributed by atoms with E-state index in [0.717, 1.165) is 36.9 Å². The molecule has 0 atom stereocenters. The fourth-order valence-electron chi connectivity index (χ4n) is 1.78. The first-order valence-corrected chi connectivity index (χ1v) is 6.85. The monoisotopic (exact) mass is 275 g/mol. The van der Waals surface area contributed by atoms with Gasteiger partial charge in [-0.25, -0.2) is 0 Å². The maximum atomic E-state index is 5.93. The van der Waals surface area contributed by atoms with E-state index in [0.29, 0.717) is 0 Å². The zero-order chi connectivity index (χ0) is 13.3. The van der Waals surface area contributed by atoms with Crippen molar-refractivity contribution in [2.45, 2.75) is 13.0 Å². The van der Waals surface area contributed by atoms with Crippen molar-refractivity contribution in [1.29, 1.82) is 0 Å². The van der Waals surface area contributed by atoms with Crippen LogP contribution >= 0.6 is 11.6 Å². The van der Waals surface area contributed by atoms with E-state index < -0.39 is 0 Å². The average Bonchev–Trinajstić information content (AvgIpc) is 2.44. The predicted octanol–water partition coefficient (Wildman–Crippen LogP) is 3.90. The Hall–Kier alpha value is -1.51. The zero-order valence-corrected chi connectivity index (χ0v) is 11.6. The number of hydrogen-bond acceptors (Lipinski definition) is 2. The van der Waals surface area contributed by atoms with Gasteiger partial charge in [0.05, 0.1) is 6.61 Å². The van der Waals surface area contributed by atoms with Crippen LogP contribution in [0.3, 0.4) is 0 Å². The Kier molecular flexibility index (Phi) is 5.73. The van der Waals surface area contributed by atoms with Crippen molar-refractivity contribution in [3.8, 4) is 5.75 Å². The van der Waals surface area contributed by atoms with Crippen LogP contribution in [0, 0.1) is 0 Å². The third kappa shape index (κ3) is 5.33. The largest absolute Gasteiger partial charge is 0.494 e. The lowest BCUT2D eigenvalue weighted by atomic mass is 10.2. The first kappa shape index (κ1) is 13.9. The first-order valence-electron chi connectivity index (χ1n) is 6.47. The van der Waals surface area contributed by atoms with E-state index in [-0.39, 0.29) is 0 Å². The molecule has 1 N–H and O–H groups in total. The maximum Gasteiger partial charge on any atom is 0.119 e. The number of benzene rings is 2. The van der Waals surface area contributed by atoms with Gasteiger partial charge >= 0.3 is 0 Å². The third-order valence-electron chi connectivity index (χ3n) is 2.73. The molecule has 0 unspecified atom stereocenters.